The van der Waals surface area contributed by atoms with Crippen molar-refractivity contribution in [1.29, 1.82) is 0 Å². The molecule has 4 rings (SSSR count). The molecule has 1 atom stereocenters. The van der Waals surface area contributed by atoms with Crippen LogP contribution in [0.15, 0.2) is 59.7 Å². The molecule has 2 heterocycles. The minimum atomic E-state index is -0.747. The van der Waals surface area contributed by atoms with Gasteiger partial charge in [-0.05, 0) is 56.3 Å². The van der Waals surface area contributed by atoms with Crippen LogP contribution in [0.3, 0.4) is 0 Å². The van der Waals surface area contributed by atoms with Crippen molar-refractivity contribution in [3.63, 3.8) is 0 Å². The zero-order valence-corrected chi connectivity index (χ0v) is 16.8. The van der Waals surface area contributed by atoms with Crippen LogP contribution in [0.5, 0.6) is 11.5 Å². The highest BCUT2D eigenvalue weighted by molar-refractivity contribution is 6.30. The van der Waals surface area contributed by atoms with Crippen LogP contribution in [0.1, 0.15) is 17.0 Å². The molecule has 1 N–H and O–H groups in total. The summed E-state index contributed by atoms with van der Waals surface area (Å²) in [5.41, 5.74) is 6.52. The summed E-state index contributed by atoms with van der Waals surface area (Å²) < 4.78 is 13.4. The lowest BCUT2D eigenvalue weighted by atomic mass is 10.2. The highest BCUT2D eigenvalue weighted by Crippen LogP contribution is 2.30. The Hall–Kier alpha value is -3.25. The molecule has 3 aromatic rings. The maximum Gasteiger partial charge on any atom is 0.284 e. The Morgan fingerprint density at radius 1 is 1.17 bits per heavy atom. The number of benzene rings is 2. The number of hydrogen-bond donors (Lipinski definition) is 1. The predicted molar refractivity (Wildman–Crippen MR) is 112 cm³/mol. The summed E-state index contributed by atoms with van der Waals surface area (Å²) in [6, 6.07) is 16.9. The average Bonchev–Trinajstić information content (AvgIpc) is 3.01. The van der Waals surface area contributed by atoms with Gasteiger partial charge in [0.05, 0.1) is 6.21 Å². The summed E-state index contributed by atoms with van der Waals surface area (Å²) in [5.74, 6) is 0.825. The first-order valence-corrected chi connectivity index (χ1v) is 9.57. The van der Waals surface area contributed by atoms with E-state index in [4.69, 9.17) is 21.1 Å². The number of ether oxygens (including phenoxy) is 2. The molecule has 0 saturated carbocycles. The minimum absolute atomic E-state index is 0.142. The van der Waals surface area contributed by atoms with E-state index in [0.29, 0.717) is 16.5 Å². The number of aryl methyl sites for hydroxylation is 1. The second-order valence-corrected chi connectivity index (χ2v) is 7.17. The van der Waals surface area contributed by atoms with E-state index in [0.717, 1.165) is 22.6 Å². The lowest BCUT2D eigenvalue weighted by Crippen LogP contribution is -2.42. The number of amides is 1. The van der Waals surface area contributed by atoms with Crippen molar-refractivity contribution in [2.24, 2.45) is 5.10 Å². The fourth-order valence-corrected chi connectivity index (χ4v) is 3.42. The number of halogens is 1. The third-order valence-corrected chi connectivity index (χ3v) is 4.99. The van der Waals surface area contributed by atoms with Crippen LogP contribution >= 0.6 is 11.6 Å². The molecule has 0 saturated heterocycles. The van der Waals surface area contributed by atoms with Gasteiger partial charge >= 0.3 is 0 Å². The number of para-hydroxylation sites is 2. The van der Waals surface area contributed by atoms with Gasteiger partial charge in [0, 0.05) is 27.7 Å². The average molecular weight is 410 g/mol. The van der Waals surface area contributed by atoms with Gasteiger partial charge in [-0.25, -0.2) is 5.43 Å². The first-order valence-electron chi connectivity index (χ1n) is 9.19. The van der Waals surface area contributed by atoms with E-state index in [1.165, 1.54) is 0 Å². The summed E-state index contributed by atoms with van der Waals surface area (Å²) in [5, 5.41) is 4.79. The Morgan fingerprint density at radius 3 is 2.66 bits per heavy atom. The zero-order valence-electron chi connectivity index (χ0n) is 16.1. The molecule has 7 heteroatoms. The maximum absolute atomic E-state index is 12.4. The fraction of sp³-hybridized carbons (Fsp3) is 0.182. The molecule has 0 unspecified atom stereocenters. The molecule has 29 heavy (non-hydrogen) atoms. The lowest BCUT2D eigenvalue weighted by Gasteiger charge is -2.24. The lowest BCUT2D eigenvalue weighted by molar-refractivity contribution is -0.130. The van der Waals surface area contributed by atoms with E-state index in [-0.39, 0.29) is 12.5 Å². The number of carbonyl (C=O) groups is 1. The van der Waals surface area contributed by atoms with Crippen molar-refractivity contribution >= 4 is 23.7 Å². The molecule has 0 aliphatic carbocycles. The SMILES string of the molecule is Cc1cc(/C=N\NC(=O)[C@H]2COc3ccccc3O2)c(C)n1-c1ccc(Cl)cc1. The van der Waals surface area contributed by atoms with Gasteiger partial charge in [0.15, 0.2) is 11.5 Å². The van der Waals surface area contributed by atoms with Crippen LogP contribution < -0.4 is 14.9 Å². The van der Waals surface area contributed by atoms with Crippen molar-refractivity contribution in [2.75, 3.05) is 6.61 Å². The largest absolute Gasteiger partial charge is 0.485 e. The molecule has 6 nitrogen and oxygen atoms in total. The van der Waals surface area contributed by atoms with Crippen molar-refractivity contribution in [2.45, 2.75) is 20.0 Å². The molecule has 2 aromatic carbocycles. The van der Waals surface area contributed by atoms with Gasteiger partial charge < -0.3 is 14.0 Å². The van der Waals surface area contributed by atoms with E-state index in [1.807, 2.05) is 56.3 Å². The van der Waals surface area contributed by atoms with Gasteiger partial charge in [-0.1, -0.05) is 23.7 Å². The summed E-state index contributed by atoms with van der Waals surface area (Å²) in [4.78, 5) is 12.4. The van der Waals surface area contributed by atoms with E-state index in [9.17, 15) is 4.79 Å². The Morgan fingerprint density at radius 2 is 1.90 bits per heavy atom. The molecule has 1 aliphatic heterocycles. The van der Waals surface area contributed by atoms with E-state index < -0.39 is 6.10 Å². The Bertz CT molecular complexity index is 1070. The highest BCUT2D eigenvalue weighted by atomic mass is 35.5. The number of aromatic nitrogens is 1. The Labute approximate surface area is 173 Å². The van der Waals surface area contributed by atoms with Gasteiger partial charge in [0.1, 0.15) is 6.61 Å². The van der Waals surface area contributed by atoms with Gasteiger partial charge in [-0.3, -0.25) is 4.79 Å². The second-order valence-electron chi connectivity index (χ2n) is 6.74. The van der Waals surface area contributed by atoms with Crippen LogP contribution in [0.4, 0.5) is 0 Å². The minimum Gasteiger partial charge on any atom is -0.485 e. The maximum atomic E-state index is 12.4. The standard InChI is InChI=1S/C22H20ClN3O3/c1-14-11-16(15(2)26(14)18-9-7-17(23)8-10-18)12-24-25-22(27)21-13-28-19-5-3-4-6-20(19)29-21/h3-12,21H,13H2,1-2H3,(H,25,27)/b24-12-/t21-/m1/s1. The molecule has 1 amide bonds. The number of rotatable bonds is 4. The quantitative estimate of drug-likeness (QED) is 0.522. The topological polar surface area (TPSA) is 64.8 Å². The molecular formula is C22H20ClN3O3. The monoisotopic (exact) mass is 409 g/mol. The van der Waals surface area contributed by atoms with Gasteiger partial charge in [-0.15, -0.1) is 0 Å². The zero-order chi connectivity index (χ0) is 20.4. The van der Waals surface area contributed by atoms with Crippen LogP contribution in [-0.4, -0.2) is 29.4 Å². The highest BCUT2D eigenvalue weighted by Gasteiger charge is 2.27. The summed E-state index contributed by atoms with van der Waals surface area (Å²) in [6.45, 7) is 4.16. The summed E-state index contributed by atoms with van der Waals surface area (Å²) in [7, 11) is 0. The first kappa shape index (κ1) is 19.1. The summed E-state index contributed by atoms with van der Waals surface area (Å²) in [6.07, 6.45) is 0.883. The number of carbonyl (C=O) groups excluding carboxylic acids is 1. The Kier molecular flexibility index (Phi) is 5.27. The van der Waals surface area contributed by atoms with Crippen LogP contribution in [0, 0.1) is 13.8 Å². The number of nitrogens with one attached hydrogen (secondary N) is 1. The summed E-state index contributed by atoms with van der Waals surface area (Å²) >= 11 is 5.98. The van der Waals surface area contributed by atoms with Crippen molar-refractivity contribution < 1.29 is 14.3 Å². The molecular weight excluding hydrogens is 390 g/mol. The van der Waals surface area contributed by atoms with E-state index in [2.05, 4.69) is 15.1 Å². The molecule has 0 bridgehead atoms. The van der Waals surface area contributed by atoms with Crippen LogP contribution in [0.2, 0.25) is 5.02 Å². The van der Waals surface area contributed by atoms with Crippen molar-refractivity contribution in [3.8, 4) is 17.2 Å². The van der Waals surface area contributed by atoms with Gasteiger partial charge in [0.25, 0.3) is 5.91 Å². The Balaban J connectivity index is 1.44. The second kappa shape index (κ2) is 8.01. The molecule has 0 fully saturated rings. The number of nitrogens with zero attached hydrogens (tertiary/aromatic N) is 2. The molecule has 0 spiro atoms. The number of hydrogen-bond acceptors (Lipinski definition) is 4. The third kappa shape index (κ3) is 3.98. The van der Waals surface area contributed by atoms with Crippen LogP contribution in [0.25, 0.3) is 5.69 Å². The third-order valence-electron chi connectivity index (χ3n) is 4.73. The normalized spacial score (nSPS) is 15.5. The van der Waals surface area contributed by atoms with E-state index in [1.54, 1.807) is 18.3 Å². The smallest absolute Gasteiger partial charge is 0.284 e. The predicted octanol–water partition coefficient (Wildman–Crippen LogP) is 4.04. The van der Waals surface area contributed by atoms with Crippen LogP contribution in [-0.2, 0) is 4.79 Å². The number of fused-ring (bicyclic) bond motifs is 1. The number of hydrazone groups is 1. The van der Waals surface area contributed by atoms with Gasteiger partial charge in [-0.2, -0.15) is 5.10 Å². The molecule has 1 aromatic heterocycles. The fourth-order valence-electron chi connectivity index (χ4n) is 3.29. The molecule has 148 valence electrons. The van der Waals surface area contributed by atoms with Crippen molar-refractivity contribution in [3.05, 3.63) is 76.6 Å². The van der Waals surface area contributed by atoms with E-state index >= 15 is 0 Å². The van der Waals surface area contributed by atoms with Gasteiger partial charge in [0.2, 0.25) is 6.10 Å². The van der Waals surface area contributed by atoms with Crippen molar-refractivity contribution in [1.82, 2.24) is 9.99 Å². The molecule has 1 aliphatic rings. The first-order chi connectivity index (χ1) is 14.0. The molecule has 0 radical (unpaired) electrons.